The molecule has 9 nitrogen and oxygen atoms in total. The Morgan fingerprint density at radius 2 is 1.45 bits per heavy atom. The second-order valence-corrected chi connectivity index (χ2v) is 10.6. The molecular formula is C29H45NO8. The smallest absolute Gasteiger partial charge is 0.321 e. The van der Waals surface area contributed by atoms with Crippen molar-refractivity contribution in [2.24, 2.45) is 5.41 Å². The third kappa shape index (κ3) is 13.0. The molecule has 0 radical (unpaired) electrons. The number of unbranched alkanes of at least 4 members (excludes halogenated alkanes) is 4. The Kier molecular flexibility index (Phi) is 14.6. The topological polar surface area (TPSA) is 128 Å². The highest BCUT2D eigenvalue weighted by Gasteiger charge is 2.26. The molecule has 2 atom stereocenters. The summed E-state index contributed by atoms with van der Waals surface area (Å²) in [5, 5.41) is 12.7. The minimum absolute atomic E-state index is 0.0698. The zero-order valence-electron chi connectivity index (χ0n) is 23.8. The summed E-state index contributed by atoms with van der Waals surface area (Å²) in [5.74, 6) is -2.10. The number of hydrogen-bond acceptors (Lipinski definition) is 8. The van der Waals surface area contributed by atoms with Gasteiger partial charge < -0.3 is 24.6 Å². The van der Waals surface area contributed by atoms with Crippen molar-refractivity contribution in [2.75, 3.05) is 6.54 Å². The lowest BCUT2D eigenvalue weighted by Crippen LogP contribution is -2.43. The lowest BCUT2D eigenvalue weighted by molar-refractivity contribution is -0.157. The minimum Gasteiger partial charge on any atom is -0.480 e. The maximum atomic E-state index is 12.4. The van der Waals surface area contributed by atoms with Crippen LogP contribution < -0.4 is 14.8 Å². The van der Waals surface area contributed by atoms with Crippen molar-refractivity contribution < 1.29 is 38.5 Å². The quantitative estimate of drug-likeness (QED) is 0.157. The third-order valence-electron chi connectivity index (χ3n) is 5.73. The Morgan fingerprint density at radius 1 is 0.895 bits per heavy atom. The van der Waals surface area contributed by atoms with Gasteiger partial charge >= 0.3 is 23.9 Å². The highest BCUT2D eigenvalue weighted by Crippen LogP contribution is 2.30. The van der Waals surface area contributed by atoms with Gasteiger partial charge in [0, 0.05) is 19.4 Å². The molecule has 0 saturated carbocycles. The van der Waals surface area contributed by atoms with Gasteiger partial charge in [0.25, 0.3) is 0 Å². The van der Waals surface area contributed by atoms with Gasteiger partial charge in [-0.1, -0.05) is 45.6 Å². The first-order valence-corrected chi connectivity index (χ1v) is 13.6. The molecule has 0 aromatic heterocycles. The largest absolute Gasteiger partial charge is 0.480 e. The second kappa shape index (κ2) is 16.8. The molecule has 38 heavy (non-hydrogen) atoms. The van der Waals surface area contributed by atoms with E-state index >= 15 is 0 Å². The van der Waals surface area contributed by atoms with Crippen LogP contribution in [0, 0.1) is 5.41 Å². The van der Waals surface area contributed by atoms with Gasteiger partial charge in [0.1, 0.15) is 12.1 Å². The number of carboxylic acid groups (broad SMARTS) is 1. The highest BCUT2D eigenvalue weighted by molar-refractivity contribution is 5.77. The molecular weight excluding hydrogens is 490 g/mol. The number of aliphatic carboxylic acids is 1. The molecule has 0 spiro atoms. The van der Waals surface area contributed by atoms with E-state index in [0.717, 1.165) is 25.7 Å². The van der Waals surface area contributed by atoms with Crippen molar-refractivity contribution in [2.45, 2.75) is 111 Å². The number of carbonyl (C=O) groups excluding carboxylic acids is 3. The van der Waals surface area contributed by atoms with Crippen LogP contribution in [0.2, 0.25) is 0 Å². The summed E-state index contributed by atoms with van der Waals surface area (Å²) in [6.45, 7) is 11.1. The van der Waals surface area contributed by atoms with E-state index in [9.17, 15) is 24.3 Å². The van der Waals surface area contributed by atoms with Crippen molar-refractivity contribution in [3.63, 3.8) is 0 Å². The van der Waals surface area contributed by atoms with Crippen LogP contribution in [0.5, 0.6) is 11.5 Å². The van der Waals surface area contributed by atoms with Crippen LogP contribution in [0.15, 0.2) is 18.2 Å². The maximum absolute atomic E-state index is 12.4. The molecule has 9 heteroatoms. The van der Waals surface area contributed by atoms with E-state index in [1.165, 1.54) is 12.1 Å². The van der Waals surface area contributed by atoms with Crippen LogP contribution in [0.25, 0.3) is 0 Å². The lowest BCUT2D eigenvalue weighted by Gasteiger charge is -2.23. The number of ether oxygens (including phenoxy) is 3. The Morgan fingerprint density at radius 3 is 1.95 bits per heavy atom. The van der Waals surface area contributed by atoms with E-state index in [4.69, 9.17) is 14.2 Å². The summed E-state index contributed by atoms with van der Waals surface area (Å²) in [7, 11) is 0. The number of hydrogen-bond donors (Lipinski definition) is 2. The van der Waals surface area contributed by atoms with Crippen LogP contribution >= 0.6 is 0 Å². The van der Waals surface area contributed by atoms with E-state index < -0.39 is 35.5 Å². The molecule has 0 bridgehead atoms. The molecule has 0 aliphatic rings. The van der Waals surface area contributed by atoms with Crippen LogP contribution in [0.3, 0.4) is 0 Å². The first kappa shape index (κ1) is 33.1. The number of rotatable bonds is 17. The summed E-state index contributed by atoms with van der Waals surface area (Å²) in [6, 6.07) is 3.71. The Hall–Kier alpha value is -2.94. The number of benzene rings is 1. The number of carbonyl (C=O) groups is 4. The van der Waals surface area contributed by atoms with Crippen LogP contribution in [0.4, 0.5) is 0 Å². The number of nitrogens with one attached hydrogen (secondary N) is 1. The van der Waals surface area contributed by atoms with E-state index in [-0.39, 0.29) is 43.3 Å². The van der Waals surface area contributed by atoms with E-state index in [1.54, 1.807) is 33.8 Å². The van der Waals surface area contributed by atoms with Crippen molar-refractivity contribution in [3.8, 4) is 11.5 Å². The molecule has 214 valence electrons. The number of esters is 3. The zero-order chi connectivity index (χ0) is 28.7. The first-order chi connectivity index (χ1) is 17.9. The lowest BCUT2D eigenvalue weighted by atomic mass is 9.97. The zero-order valence-corrected chi connectivity index (χ0v) is 23.8. The second-order valence-electron chi connectivity index (χ2n) is 10.6. The monoisotopic (exact) mass is 535 g/mol. The van der Waals surface area contributed by atoms with Gasteiger partial charge in [-0.05, 0) is 64.7 Å². The Labute approximate surface area is 226 Å². The first-order valence-electron chi connectivity index (χ1n) is 13.6. The van der Waals surface area contributed by atoms with E-state index in [2.05, 4.69) is 5.32 Å². The normalized spacial score (nSPS) is 12.9. The molecule has 0 saturated heterocycles. The standard InChI is InChI=1S/C29H45NO8/c1-7-9-11-13-25(31)37-23-16-15-21(18-24(23)38-26(32)14-12-10-8-2)17-22(27(33)34)30-19-20(3)36-28(35)29(4,5)6/h15-16,18,20,22,30H,7-14,17,19H2,1-6H3,(H,33,34)/t20?,22-/m0/s1. The summed E-state index contributed by atoms with van der Waals surface area (Å²) in [6.07, 6.45) is 5.14. The average Bonchev–Trinajstić information content (AvgIpc) is 2.82. The molecule has 1 unspecified atom stereocenters. The Bertz CT molecular complexity index is 922. The van der Waals surface area contributed by atoms with Crippen molar-refractivity contribution in [1.29, 1.82) is 0 Å². The van der Waals surface area contributed by atoms with E-state index in [1.807, 2.05) is 13.8 Å². The molecule has 1 rings (SSSR count). The highest BCUT2D eigenvalue weighted by atomic mass is 16.6. The molecule has 1 aromatic rings. The fraction of sp³-hybridized carbons (Fsp3) is 0.655. The molecule has 0 aliphatic carbocycles. The fourth-order valence-electron chi connectivity index (χ4n) is 3.42. The van der Waals surface area contributed by atoms with Gasteiger partial charge in [-0.15, -0.1) is 0 Å². The minimum atomic E-state index is -1.08. The fourth-order valence-corrected chi connectivity index (χ4v) is 3.42. The average molecular weight is 536 g/mol. The van der Waals surface area contributed by atoms with Gasteiger partial charge in [0.05, 0.1) is 5.41 Å². The predicted octanol–water partition coefficient (Wildman–Crippen LogP) is 5.22. The molecule has 0 fully saturated rings. The van der Waals surface area contributed by atoms with Crippen LogP contribution in [-0.4, -0.2) is 47.7 Å². The van der Waals surface area contributed by atoms with Gasteiger partial charge in [0.2, 0.25) is 0 Å². The Balaban J connectivity index is 2.98. The summed E-state index contributed by atoms with van der Waals surface area (Å²) >= 11 is 0. The predicted molar refractivity (Wildman–Crippen MR) is 144 cm³/mol. The summed E-state index contributed by atoms with van der Waals surface area (Å²) < 4.78 is 16.4. The summed E-state index contributed by atoms with van der Waals surface area (Å²) in [4.78, 5) is 48.7. The number of carboxylic acids is 1. The van der Waals surface area contributed by atoms with Crippen molar-refractivity contribution >= 4 is 23.9 Å². The summed E-state index contributed by atoms with van der Waals surface area (Å²) in [5.41, 5.74) is -0.0853. The molecule has 1 aromatic carbocycles. The molecule has 0 aliphatic heterocycles. The molecule has 0 amide bonds. The van der Waals surface area contributed by atoms with Crippen molar-refractivity contribution in [3.05, 3.63) is 23.8 Å². The van der Waals surface area contributed by atoms with Gasteiger partial charge in [-0.3, -0.25) is 19.2 Å². The van der Waals surface area contributed by atoms with Crippen molar-refractivity contribution in [1.82, 2.24) is 5.32 Å². The maximum Gasteiger partial charge on any atom is 0.321 e. The van der Waals surface area contributed by atoms with Gasteiger partial charge in [-0.25, -0.2) is 0 Å². The van der Waals surface area contributed by atoms with Crippen LogP contribution in [-0.2, 0) is 30.3 Å². The molecule has 0 heterocycles. The SMILES string of the molecule is CCCCCC(=O)Oc1ccc(C[C@H](NCC(C)OC(=O)C(C)(C)C)C(=O)O)cc1OC(=O)CCCCC. The van der Waals surface area contributed by atoms with Gasteiger partial charge in [0.15, 0.2) is 11.5 Å². The van der Waals surface area contributed by atoms with E-state index in [0.29, 0.717) is 18.4 Å². The molecule has 2 N–H and O–H groups in total. The van der Waals surface area contributed by atoms with Crippen LogP contribution in [0.1, 0.15) is 98.5 Å². The van der Waals surface area contributed by atoms with Gasteiger partial charge in [-0.2, -0.15) is 0 Å². The third-order valence-corrected chi connectivity index (χ3v) is 5.73.